The molecule has 0 bridgehead atoms. The fraction of sp³-hybridized carbons (Fsp3) is 0.819. The van der Waals surface area contributed by atoms with Crippen molar-refractivity contribution in [2.75, 3.05) is 47.5 Å². The second kappa shape index (κ2) is 63.0. The van der Waals surface area contributed by atoms with Gasteiger partial charge in [-0.3, -0.25) is 9.59 Å². The Morgan fingerprint density at radius 2 is 0.704 bits per heavy atom. The number of rotatable bonds is 64. The van der Waals surface area contributed by atoms with Gasteiger partial charge in [0.2, 0.25) is 0 Å². The number of quaternary nitrogens is 1. The van der Waals surface area contributed by atoms with Gasteiger partial charge in [0.25, 0.3) is 6.29 Å². The molecule has 0 heterocycles. The third kappa shape index (κ3) is 64.4. The highest BCUT2D eigenvalue weighted by molar-refractivity contribution is 5.71. The van der Waals surface area contributed by atoms with Crippen molar-refractivity contribution in [1.29, 1.82) is 0 Å². The van der Waals surface area contributed by atoms with Crippen LogP contribution in [0.1, 0.15) is 322 Å². The minimum Gasteiger partial charge on any atom is -0.477 e. The summed E-state index contributed by atoms with van der Waals surface area (Å²) in [6, 6.07) is 0. The van der Waals surface area contributed by atoms with Crippen LogP contribution >= 0.6 is 0 Å². The van der Waals surface area contributed by atoms with Crippen LogP contribution in [0.3, 0.4) is 0 Å². The summed E-state index contributed by atoms with van der Waals surface area (Å²) in [5.74, 6) is -2.01. The van der Waals surface area contributed by atoms with Gasteiger partial charge in [-0.25, -0.2) is 4.79 Å². The van der Waals surface area contributed by atoms with Crippen LogP contribution in [-0.2, 0) is 33.3 Å². The van der Waals surface area contributed by atoms with E-state index in [9.17, 15) is 19.5 Å². The number of carboxylic acid groups (broad SMARTS) is 1. The standard InChI is InChI=1S/C72H131NO8/c1-6-8-10-12-14-16-18-20-22-24-26-28-30-31-32-33-34-35-36-37-38-39-41-42-44-46-48-50-52-54-56-58-60-62-69(74)79-66-68(67-80-72(71(76)77)78-65-64-73(3,4)5)81-70(75)63-61-59-57-55-53-51-49-47-45-43-40-29-27-25-23-21-19-17-15-13-11-9-7-2/h9,11,15,17,21,23,27,29,43,45,68,72H,6-8,10,12-14,16,18-20,22,24-26,28,30-42,44,46-67H2,1-5H3/p+1/b11-9-,17-15-,23-21-,29-27-,45-43-. The molecule has 0 fully saturated rings. The fourth-order valence-electron chi connectivity index (χ4n) is 10.0. The molecule has 0 amide bonds. The highest BCUT2D eigenvalue weighted by Crippen LogP contribution is 2.18. The summed E-state index contributed by atoms with van der Waals surface area (Å²) >= 11 is 0. The van der Waals surface area contributed by atoms with Crippen LogP contribution in [0.25, 0.3) is 0 Å². The summed E-state index contributed by atoms with van der Waals surface area (Å²) in [7, 11) is 5.98. The first-order valence-corrected chi connectivity index (χ1v) is 34.5. The van der Waals surface area contributed by atoms with Crippen molar-refractivity contribution in [3.8, 4) is 0 Å². The van der Waals surface area contributed by atoms with Crippen molar-refractivity contribution < 1.29 is 42.9 Å². The van der Waals surface area contributed by atoms with Crippen LogP contribution in [0.2, 0.25) is 0 Å². The molecule has 0 radical (unpaired) electrons. The number of hydrogen-bond donors (Lipinski definition) is 1. The monoisotopic (exact) mass is 1140 g/mol. The van der Waals surface area contributed by atoms with E-state index in [0.29, 0.717) is 23.9 Å². The smallest absolute Gasteiger partial charge is 0.361 e. The molecule has 0 saturated heterocycles. The summed E-state index contributed by atoms with van der Waals surface area (Å²) in [5.41, 5.74) is 0. The van der Waals surface area contributed by atoms with Gasteiger partial charge < -0.3 is 28.5 Å². The van der Waals surface area contributed by atoms with Crippen LogP contribution in [0.5, 0.6) is 0 Å². The largest absolute Gasteiger partial charge is 0.477 e. The molecule has 0 spiro atoms. The number of hydrogen-bond acceptors (Lipinski definition) is 7. The molecule has 81 heavy (non-hydrogen) atoms. The van der Waals surface area contributed by atoms with Gasteiger partial charge in [-0.2, -0.15) is 0 Å². The number of nitrogens with zero attached hydrogens (tertiary/aromatic N) is 1. The van der Waals surface area contributed by atoms with Crippen LogP contribution in [-0.4, -0.2) is 87.4 Å². The van der Waals surface area contributed by atoms with Crippen molar-refractivity contribution in [2.45, 2.75) is 334 Å². The Kier molecular flexibility index (Phi) is 60.7. The van der Waals surface area contributed by atoms with E-state index in [0.717, 1.165) is 77.0 Å². The Morgan fingerprint density at radius 3 is 1.05 bits per heavy atom. The minimum absolute atomic E-state index is 0.184. The predicted molar refractivity (Wildman–Crippen MR) is 346 cm³/mol. The van der Waals surface area contributed by atoms with E-state index >= 15 is 0 Å². The molecule has 0 saturated carbocycles. The SMILES string of the molecule is CC/C=C\C/C=C\C/C=C\C/C=C\C/C=C\CCCCCCCCCC(=O)OC(COC(=O)CCCCCCCCCCCCCCCCCCCCCCCCCCCCCCCCCCC)COC(OCC[N+](C)(C)C)C(=O)O. The summed E-state index contributed by atoms with van der Waals surface area (Å²) in [4.78, 5) is 37.6. The molecule has 0 aliphatic rings. The normalized spacial score (nSPS) is 13.0. The summed E-state index contributed by atoms with van der Waals surface area (Å²) in [6.07, 6.45) is 79.1. The molecular weight excluding hydrogens is 1010 g/mol. The molecule has 9 nitrogen and oxygen atoms in total. The number of ether oxygens (including phenoxy) is 4. The zero-order valence-corrected chi connectivity index (χ0v) is 53.9. The van der Waals surface area contributed by atoms with Crippen LogP contribution in [0.15, 0.2) is 60.8 Å². The van der Waals surface area contributed by atoms with E-state index in [1.54, 1.807) is 0 Å². The van der Waals surface area contributed by atoms with Gasteiger partial charge in [-0.15, -0.1) is 0 Å². The van der Waals surface area contributed by atoms with Gasteiger partial charge in [0.05, 0.1) is 34.4 Å². The minimum atomic E-state index is -1.52. The first-order chi connectivity index (χ1) is 39.6. The van der Waals surface area contributed by atoms with Crippen molar-refractivity contribution in [1.82, 2.24) is 0 Å². The van der Waals surface area contributed by atoms with Crippen LogP contribution < -0.4 is 0 Å². The number of carbonyl (C=O) groups is 3. The number of carboxylic acids is 1. The Balaban J connectivity index is 4.07. The number of aliphatic carboxylic acids is 1. The molecule has 9 heteroatoms. The van der Waals surface area contributed by atoms with Gasteiger partial charge in [0.15, 0.2) is 6.10 Å². The van der Waals surface area contributed by atoms with Gasteiger partial charge in [0, 0.05) is 12.8 Å². The quantitative estimate of drug-likeness (QED) is 0.0211. The molecule has 0 aliphatic heterocycles. The van der Waals surface area contributed by atoms with E-state index in [-0.39, 0.29) is 32.2 Å². The first kappa shape index (κ1) is 78.0. The third-order valence-electron chi connectivity index (χ3n) is 15.3. The molecule has 0 aromatic rings. The average Bonchev–Trinajstić information content (AvgIpc) is 3.44. The molecule has 0 aliphatic carbocycles. The van der Waals surface area contributed by atoms with Crippen LogP contribution in [0.4, 0.5) is 0 Å². The highest BCUT2D eigenvalue weighted by atomic mass is 16.7. The maximum Gasteiger partial charge on any atom is 0.361 e. The van der Waals surface area contributed by atoms with E-state index in [2.05, 4.69) is 74.6 Å². The van der Waals surface area contributed by atoms with Crippen LogP contribution in [0, 0.1) is 0 Å². The second-order valence-electron chi connectivity index (χ2n) is 24.5. The van der Waals surface area contributed by atoms with Crippen molar-refractivity contribution in [3.05, 3.63) is 60.8 Å². The number of carbonyl (C=O) groups excluding carboxylic acids is 2. The maximum atomic E-state index is 12.9. The second-order valence-corrected chi connectivity index (χ2v) is 24.5. The molecule has 0 aromatic heterocycles. The van der Waals surface area contributed by atoms with E-state index in [1.807, 2.05) is 21.1 Å². The predicted octanol–water partition coefficient (Wildman–Crippen LogP) is 21.1. The number of unbranched alkanes of at least 4 members (excludes halogenated alkanes) is 39. The molecule has 1 N–H and O–H groups in total. The first-order valence-electron chi connectivity index (χ1n) is 34.5. The zero-order chi connectivity index (χ0) is 59.1. The number of allylic oxidation sites excluding steroid dienone is 10. The average molecular weight is 1140 g/mol. The zero-order valence-electron chi connectivity index (χ0n) is 53.9. The lowest BCUT2D eigenvalue weighted by atomic mass is 10.0. The van der Waals surface area contributed by atoms with Gasteiger partial charge in [-0.1, -0.05) is 312 Å². The lowest BCUT2D eigenvalue weighted by molar-refractivity contribution is -0.870. The number of likely N-dealkylation sites (N-methyl/N-ethyl adjacent to an activating group) is 1. The van der Waals surface area contributed by atoms with Gasteiger partial charge in [0.1, 0.15) is 13.2 Å². The number of esters is 2. The Labute approximate surface area is 501 Å². The summed E-state index contributed by atoms with van der Waals surface area (Å²) < 4.78 is 23.0. The van der Waals surface area contributed by atoms with E-state index < -0.39 is 24.3 Å². The summed E-state index contributed by atoms with van der Waals surface area (Å²) in [6.45, 7) is 4.80. The van der Waals surface area contributed by atoms with E-state index in [1.165, 1.54) is 212 Å². The third-order valence-corrected chi connectivity index (χ3v) is 15.3. The lowest BCUT2D eigenvalue weighted by Crippen LogP contribution is -2.40. The molecular formula is C72H132NO8+. The Hall–Kier alpha value is -3.01. The lowest BCUT2D eigenvalue weighted by Gasteiger charge is -2.25. The highest BCUT2D eigenvalue weighted by Gasteiger charge is 2.25. The molecule has 0 rings (SSSR count). The van der Waals surface area contributed by atoms with Crippen molar-refractivity contribution in [2.24, 2.45) is 0 Å². The maximum absolute atomic E-state index is 12.9. The summed E-state index contributed by atoms with van der Waals surface area (Å²) in [5, 5.41) is 9.73. The van der Waals surface area contributed by atoms with Crippen molar-refractivity contribution in [3.63, 3.8) is 0 Å². The Morgan fingerprint density at radius 1 is 0.383 bits per heavy atom. The fourth-order valence-corrected chi connectivity index (χ4v) is 10.0. The van der Waals surface area contributed by atoms with E-state index in [4.69, 9.17) is 18.9 Å². The van der Waals surface area contributed by atoms with Gasteiger partial charge in [-0.05, 0) is 57.8 Å². The molecule has 0 aromatic carbocycles. The van der Waals surface area contributed by atoms with Gasteiger partial charge >= 0.3 is 17.9 Å². The molecule has 472 valence electrons. The molecule has 2 atom stereocenters. The van der Waals surface area contributed by atoms with Crippen molar-refractivity contribution >= 4 is 17.9 Å². The Bertz CT molecular complexity index is 1510. The topological polar surface area (TPSA) is 108 Å². The molecule has 2 unspecified atom stereocenters.